The minimum Gasteiger partial charge on any atom is -0.389 e. The van der Waals surface area contributed by atoms with E-state index in [0.717, 1.165) is 12.1 Å². The number of halogens is 2. The lowest BCUT2D eigenvalue weighted by molar-refractivity contribution is -0.119. The fraction of sp³-hybridized carbons (Fsp3) is 0.333. The topological polar surface area (TPSA) is 58.4 Å². The summed E-state index contributed by atoms with van der Waals surface area (Å²) in [5, 5.41) is 2.55. The fourth-order valence-electron chi connectivity index (χ4n) is 1.62. The lowest BCUT2D eigenvalue weighted by Gasteiger charge is -2.20. The second-order valence-electron chi connectivity index (χ2n) is 3.96. The summed E-state index contributed by atoms with van der Waals surface area (Å²) in [6.07, 6.45) is 0. The van der Waals surface area contributed by atoms with Crippen LogP contribution in [0.25, 0.3) is 0 Å². The van der Waals surface area contributed by atoms with Crippen molar-refractivity contribution in [2.24, 2.45) is 5.73 Å². The van der Waals surface area contributed by atoms with Gasteiger partial charge in [0.1, 0.15) is 22.3 Å². The maximum Gasteiger partial charge on any atom is 0.239 e. The predicted molar refractivity (Wildman–Crippen MR) is 74.2 cm³/mol. The molecule has 0 aliphatic heterocycles. The highest BCUT2D eigenvalue weighted by molar-refractivity contribution is 7.80. The van der Waals surface area contributed by atoms with Gasteiger partial charge in [0.15, 0.2) is 0 Å². The summed E-state index contributed by atoms with van der Waals surface area (Å²) in [6.45, 7) is 2.07. The molecule has 0 fully saturated rings. The van der Waals surface area contributed by atoms with Gasteiger partial charge in [0, 0.05) is 19.2 Å². The number of anilines is 1. The van der Waals surface area contributed by atoms with Crippen molar-refractivity contribution in [3.05, 3.63) is 29.3 Å². The van der Waals surface area contributed by atoms with Crippen LogP contribution in [0.5, 0.6) is 0 Å². The highest BCUT2D eigenvalue weighted by Gasteiger charge is 2.17. The number of rotatable bonds is 5. The van der Waals surface area contributed by atoms with E-state index < -0.39 is 11.6 Å². The van der Waals surface area contributed by atoms with Crippen LogP contribution in [0.15, 0.2) is 12.1 Å². The average molecular weight is 287 g/mol. The Kier molecular flexibility index (Phi) is 5.17. The molecule has 0 atom stereocenters. The predicted octanol–water partition coefficient (Wildman–Crippen LogP) is 1.17. The number of carbonyl (C=O) groups excluding carboxylic acids is 1. The van der Waals surface area contributed by atoms with Gasteiger partial charge >= 0.3 is 0 Å². The van der Waals surface area contributed by atoms with Crippen molar-refractivity contribution in [3.8, 4) is 0 Å². The molecule has 3 N–H and O–H groups in total. The number of carbonyl (C=O) groups is 1. The van der Waals surface area contributed by atoms with Gasteiger partial charge in [-0.3, -0.25) is 4.79 Å². The van der Waals surface area contributed by atoms with Crippen LogP contribution in [-0.4, -0.2) is 31.0 Å². The molecule has 0 saturated carbocycles. The Hall–Kier alpha value is -1.76. The summed E-state index contributed by atoms with van der Waals surface area (Å²) < 4.78 is 27.7. The maximum absolute atomic E-state index is 13.8. The zero-order valence-corrected chi connectivity index (χ0v) is 11.5. The molecule has 19 heavy (non-hydrogen) atoms. The number of amides is 1. The lowest BCUT2D eigenvalue weighted by Crippen LogP contribution is -2.35. The van der Waals surface area contributed by atoms with E-state index in [1.54, 1.807) is 6.92 Å². The van der Waals surface area contributed by atoms with Crippen LogP contribution in [0.2, 0.25) is 0 Å². The first-order valence-corrected chi connectivity index (χ1v) is 6.04. The van der Waals surface area contributed by atoms with Gasteiger partial charge in [-0.25, -0.2) is 8.78 Å². The van der Waals surface area contributed by atoms with Gasteiger partial charge in [0.25, 0.3) is 0 Å². The van der Waals surface area contributed by atoms with Crippen molar-refractivity contribution in [1.29, 1.82) is 0 Å². The van der Waals surface area contributed by atoms with E-state index in [1.165, 1.54) is 11.9 Å². The molecule has 0 heterocycles. The number of nitrogens with zero attached hydrogens (tertiary/aromatic N) is 1. The molecule has 0 unspecified atom stereocenters. The Bertz CT molecular complexity index is 485. The normalized spacial score (nSPS) is 10.1. The molecule has 104 valence electrons. The van der Waals surface area contributed by atoms with E-state index in [9.17, 15) is 13.6 Å². The van der Waals surface area contributed by atoms with Crippen LogP contribution >= 0.6 is 12.2 Å². The van der Waals surface area contributed by atoms with Crippen LogP contribution in [-0.2, 0) is 4.79 Å². The number of thiocarbonyl (C=S) groups is 1. The quantitative estimate of drug-likeness (QED) is 0.798. The summed E-state index contributed by atoms with van der Waals surface area (Å²) in [7, 11) is 1.43. The third-order valence-electron chi connectivity index (χ3n) is 2.44. The molecular weight excluding hydrogens is 272 g/mol. The number of likely N-dealkylation sites (N-methyl/N-ethyl adjacent to an activating group) is 2. The van der Waals surface area contributed by atoms with Crippen molar-refractivity contribution in [1.82, 2.24) is 5.32 Å². The van der Waals surface area contributed by atoms with Gasteiger partial charge < -0.3 is 16.0 Å². The zero-order chi connectivity index (χ0) is 14.6. The summed E-state index contributed by atoms with van der Waals surface area (Å²) in [4.78, 5) is 12.5. The molecule has 0 spiro atoms. The van der Waals surface area contributed by atoms with Crippen molar-refractivity contribution in [2.45, 2.75) is 6.92 Å². The Labute approximate surface area is 115 Å². The average Bonchev–Trinajstić information content (AvgIpc) is 2.27. The van der Waals surface area contributed by atoms with Crippen LogP contribution < -0.4 is 16.0 Å². The third kappa shape index (κ3) is 3.85. The molecule has 4 nitrogen and oxygen atoms in total. The van der Waals surface area contributed by atoms with E-state index in [2.05, 4.69) is 17.5 Å². The van der Waals surface area contributed by atoms with Crippen molar-refractivity contribution >= 4 is 28.8 Å². The van der Waals surface area contributed by atoms with Gasteiger partial charge in [0.05, 0.1) is 6.54 Å². The molecular formula is C12H15F2N3OS. The Morgan fingerprint density at radius 1 is 1.42 bits per heavy atom. The minimum atomic E-state index is -0.811. The SMILES string of the molecule is CCNC(=O)CN(C)c1c(F)cc(C(N)=S)cc1F. The first-order chi connectivity index (χ1) is 8.86. The van der Waals surface area contributed by atoms with Crippen molar-refractivity contribution in [3.63, 3.8) is 0 Å². The van der Waals surface area contributed by atoms with Gasteiger partial charge in [0.2, 0.25) is 5.91 Å². The van der Waals surface area contributed by atoms with Crippen LogP contribution in [0.3, 0.4) is 0 Å². The van der Waals surface area contributed by atoms with E-state index >= 15 is 0 Å². The Balaban J connectivity index is 3.00. The maximum atomic E-state index is 13.8. The molecule has 1 aromatic rings. The highest BCUT2D eigenvalue weighted by Crippen LogP contribution is 2.23. The summed E-state index contributed by atoms with van der Waals surface area (Å²) in [5.74, 6) is -1.94. The Morgan fingerprint density at radius 3 is 2.37 bits per heavy atom. The van der Waals surface area contributed by atoms with Crippen LogP contribution in [0.4, 0.5) is 14.5 Å². The van der Waals surface area contributed by atoms with Gasteiger partial charge in [-0.1, -0.05) is 12.2 Å². The molecule has 1 rings (SSSR count). The summed E-state index contributed by atoms with van der Waals surface area (Å²) in [5.41, 5.74) is 5.14. The smallest absolute Gasteiger partial charge is 0.239 e. The van der Waals surface area contributed by atoms with E-state index in [4.69, 9.17) is 5.73 Å². The van der Waals surface area contributed by atoms with Crippen molar-refractivity contribution < 1.29 is 13.6 Å². The number of nitrogens with one attached hydrogen (secondary N) is 1. The Morgan fingerprint density at radius 2 is 1.95 bits per heavy atom. The standard InChI is InChI=1S/C12H15F2N3OS/c1-3-16-10(18)6-17(2)11-8(13)4-7(12(15)19)5-9(11)14/h4-5H,3,6H2,1-2H3,(H2,15,19)(H,16,18). The minimum absolute atomic E-state index is 0.0873. The van der Waals surface area contributed by atoms with Gasteiger partial charge in [-0.05, 0) is 19.1 Å². The first-order valence-electron chi connectivity index (χ1n) is 5.63. The number of nitrogens with two attached hydrogens (primary N) is 1. The second-order valence-corrected chi connectivity index (χ2v) is 4.40. The van der Waals surface area contributed by atoms with E-state index in [0.29, 0.717) is 6.54 Å². The molecule has 0 aliphatic rings. The summed E-state index contributed by atoms with van der Waals surface area (Å²) >= 11 is 4.66. The molecule has 1 amide bonds. The van der Waals surface area contributed by atoms with Crippen molar-refractivity contribution in [2.75, 3.05) is 25.0 Å². The zero-order valence-electron chi connectivity index (χ0n) is 10.7. The van der Waals surface area contributed by atoms with Crippen LogP contribution in [0.1, 0.15) is 12.5 Å². The number of hydrogen-bond donors (Lipinski definition) is 2. The van der Waals surface area contributed by atoms with Gasteiger partial charge in [-0.2, -0.15) is 0 Å². The van der Waals surface area contributed by atoms with E-state index in [1.807, 2.05) is 0 Å². The lowest BCUT2D eigenvalue weighted by atomic mass is 10.1. The molecule has 0 radical (unpaired) electrons. The molecule has 0 aliphatic carbocycles. The molecule has 1 aromatic carbocycles. The molecule has 7 heteroatoms. The molecule has 0 bridgehead atoms. The van der Waals surface area contributed by atoms with E-state index in [-0.39, 0.29) is 28.7 Å². The van der Waals surface area contributed by atoms with Crippen LogP contribution in [0, 0.1) is 11.6 Å². The number of hydrogen-bond acceptors (Lipinski definition) is 3. The van der Waals surface area contributed by atoms with Gasteiger partial charge in [-0.15, -0.1) is 0 Å². The first kappa shape index (κ1) is 15.3. The molecule has 0 saturated heterocycles. The fourth-order valence-corrected chi connectivity index (χ4v) is 1.74. The largest absolute Gasteiger partial charge is 0.389 e. The monoisotopic (exact) mass is 287 g/mol. The highest BCUT2D eigenvalue weighted by atomic mass is 32.1. The number of benzene rings is 1. The second kappa shape index (κ2) is 6.42. The molecule has 0 aromatic heterocycles. The third-order valence-corrected chi connectivity index (χ3v) is 2.67. The summed E-state index contributed by atoms with van der Waals surface area (Å²) in [6, 6.07) is 2.10.